The van der Waals surface area contributed by atoms with Crippen molar-refractivity contribution in [3.63, 3.8) is 0 Å². The standard InChI is InChI=1S/C20H22N2O3/c1-15(20(24)21-14-16-6-3-2-4-7-16)25-18-11-9-17(10-12-18)22-13-5-8-19(22)23/h2-4,6-7,9-12,15H,5,8,13-14H2,1H3,(H,21,24)/t15-/m1/s1. The summed E-state index contributed by atoms with van der Waals surface area (Å²) in [5.74, 6) is 0.600. The first-order valence-electron chi connectivity index (χ1n) is 8.52. The van der Waals surface area contributed by atoms with Crippen LogP contribution in [0.5, 0.6) is 5.75 Å². The van der Waals surface area contributed by atoms with E-state index in [1.165, 1.54) is 0 Å². The van der Waals surface area contributed by atoms with Crippen LogP contribution in [0.15, 0.2) is 54.6 Å². The van der Waals surface area contributed by atoms with Crippen LogP contribution in [0.2, 0.25) is 0 Å². The van der Waals surface area contributed by atoms with Crippen LogP contribution in [-0.2, 0) is 16.1 Å². The van der Waals surface area contributed by atoms with Gasteiger partial charge in [0, 0.05) is 25.2 Å². The number of ether oxygens (including phenoxy) is 1. The van der Waals surface area contributed by atoms with Crippen LogP contribution in [0.3, 0.4) is 0 Å². The Bertz CT molecular complexity index is 728. The molecule has 0 radical (unpaired) electrons. The van der Waals surface area contributed by atoms with Crippen molar-refractivity contribution in [3.05, 3.63) is 60.2 Å². The highest BCUT2D eigenvalue weighted by Gasteiger charge is 2.21. The van der Waals surface area contributed by atoms with Crippen LogP contribution in [0, 0.1) is 0 Å². The highest BCUT2D eigenvalue weighted by Crippen LogP contribution is 2.24. The lowest BCUT2D eigenvalue weighted by Crippen LogP contribution is -2.35. The molecule has 0 saturated carbocycles. The summed E-state index contributed by atoms with van der Waals surface area (Å²) >= 11 is 0. The summed E-state index contributed by atoms with van der Waals surface area (Å²) in [5, 5.41) is 2.86. The number of benzene rings is 2. The molecular weight excluding hydrogens is 316 g/mol. The fraction of sp³-hybridized carbons (Fsp3) is 0.300. The molecular formula is C20H22N2O3. The van der Waals surface area contributed by atoms with Gasteiger partial charge in [-0.1, -0.05) is 30.3 Å². The summed E-state index contributed by atoms with van der Waals surface area (Å²) in [7, 11) is 0. The monoisotopic (exact) mass is 338 g/mol. The van der Waals surface area contributed by atoms with Gasteiger partial charge in [0.25, 0.3) is 5.91 Å². The number of hydrogen-bond donors (Lipinski definition) is 1. The average Bonchev–Trinajstić information content (AvgIpc) is 3.07. The zero-order chi connectivity index (χ0) is 17.6. The number of carbonyl (C=O) groups is 2. The highest BCUT2D eigenvalue weighted by atomic mass is 16.5. The van der Waals surface area contributed by atoms with E-state index in [4.69, 9.17) is 4.74 Å². The Morgan fingerprint density at radius 1 is 1.16 bits per heavy atom. The number of nitrogens with zero attached hydrogens (tertiary/aromatic N) is 1. The van der Waals surface area contributed by atoms with Gasteiger partial charge in [-0.15, -0.1) is 0 Å². The highest BCUT2D eigenvalue weighted by molar-refractivity contribution is 5.95. The van der Waals surface area contributed by atoms with Crippen LogP contribution in [0.1, 0.15) is 25.3 Å². The second-order valence-corrected chi connectivity index (χ2v) is 6.11. The van der Waals surface area contributed by atoms with E-state index in [9.17, 15) is 9.59 Å². The van der Waals surface area contributed by atoms with Crippen molar-refractivity contribution in [1.82, 2.24) is 5.32 Å². The van der Waals surface area contributed by atoms with Gasteiger partial charge in [0.05, 0.1) is 0 Å². The van der Waals surface area contributed by atoms with E-state index in [1.54, 1.807) is 24.0 Å². The number of anilines is 1. The molecule has 3 rings (SSSR count). The predicted molar refractivity (Wildman–Crippen MR) is 96.4 cm³/mol. The van der Waals surface area contributed by atoms with Crippen molar-refractivity contribution in [3.8, 4) is 5.75 Å². The summed E-state index contributed by atoms with van der Waals surface area (Å²) in [5.41, 5.74) is 1.92. The van der Waals surface area contributed by atoms with Crippen molar-refractivity contribution in [1.29, 1.82) is 0 Å². The maximum Gasteiger partial charge on any atom is 0.261 e. The average molecular weight is 338 g/mol. The number of carbonyl (C=O) groups excluding carboxylic acids is 2. The van der Waals surface area contributed by atoms with Crippen LogP contribution in [-0.4, -0.2) is 24.5 Å². The van der Waals surface area contributed by atoms with E-state index >= 15 is 0 Å². The van der Waals surface area contributed by atoms with Crippen molar-refractivity contribution in [2.75, 3.05) is 11.4 Å². The maximum absolute atomic E-state index is 12.2. The molecule has 1 aliphatic rings. The smallest absolute Gasteiger partial charge is 0.261 e. The van der Waals surface area contributed by atoms with E-state index in [0.29, 0.717) is 18.7 Å². The molecule has 130 valence electrons. The Morgan fingerprint density at radius 2 is 1.88 bits per heavy atom. The third-order valence-corrected chi connectivity index (χ3v) is 4.21. The minimum Gasteiger partial charge on any atom is -0.481 e. The van der Waals surface area contributed by atoms with Gasteiger partial charge in [0.1, 0.15) is 5.75 Å². The molecule has 2 aromatic rings. The normalized spacial score (nSPS) is 15.1. The Kier molecular flexibility index (Phi) is 5.33. The van der Waals surface area contributed by atoms with E-state index in [1.807, 2.05) is 42.5 Å². The fourth-order valence-electron chi connectivity index (χ4n) is 2.81. The third-order valence-electron chi connectivity index (χ3n) is 4.21. The largest absolute Gasteiger partial charge is 0.481 e. The second-order valence-electron chi connectivity index (χ2n) is 6.11. The van der Waals surface area contributed by atoms with Gasteiger partial charge in [0.2, 0.25) is 5.91 Å². The molecule has 5 heteroatoms. The molecule has 0 spiro atoms. The molecule has 0 unspecified atom stereocenters. The molecule has 2 amide bonds. The molecule has 1 N–H and O–H groups in total. The Hall–Kier alpha value is -2.82. The first-order valence-corrected chi connectivity index (χ1v) is 8.52. The van der Waals surface area contributed by atoms with E-state index in [-0.39, 0.29) is 11.8 Å². The third kappa shape index (κ3) is 4.38. The van der Waals surface area contributed by atoms with Gasteiger partial charge in [0.15, 0.2) is 6.10 Å². The number of amides is 2. The van der Waals surface area contributed by atoms with Crippen LogP contribution in [0.4, 0.5) is 5.69 Å². The first kappa shape index (κ1) is 17.0. The lowest BCUT2D eigenvalue weighted by Gasteiger charge is -2.18. The maximum atomic E-state index is 12.2. The van der Waals surface area contributed by atoms with E-state index in [2.05, 4.69) is 5.32 Å². The Balaban J connectivity index is 1.52. The van der Waals surface area contributed by atoms with Crippen LogP contribution < -0.4 is 15.0 Å². The van der Waals surface area contributed by atoms with Crippen LogP contribution >= 0.6 is 0 Å². The van der Waals surface area contributed by atoms with Gasteiger partial charge in [-0.3, -0.25) is 9.59 Å². The number of nitrogens with one attached hydrogen (secondary N) is 1. The predicted octanol–water partition coefficient (Wildman–Crippen LogP) is 2.90. The molecule has 2 aromatic carbocycles. The molecule has 1 atom stereocenters. The summed E-state index contributed by atoms with van der Waals surface area (Å²) in [6.45, 7) is 2.96. The Morgan fingerprint density at radius 3 is 2.52 bits per heavy atom. The zero-order valence-electron chi connectivity index (χ0n) is 14.3. The van der Waals surface area contributed by atoms with Gasteiger partial charge < -0.3 is 15.0 Å². The molecule has 0 bridgehead atoms. The summed E-state index contributed by atoms with van der Waals surface area (Å²) in [4.78, 5) is 25.7. The number of rotatable bonds is 6. The molecule has 1 saturated heterocycles. The SMILES string of the molecule is C[C@@H](Oc1ccc(N2CCCC2=O)cc1)C(=O)NCc1ccccc1. The molecule has 1 fully saturated rings. The summed E-state index contributed by atoms with van der Waals surface area (Å²) in [6, 6.07) is 17.0. The van der Waals surface area contributed by atoms with Crippen molar-refractivity contribution in [2.24, 2.45) is 0 Å². The van der Waals surface area contributed by atoms with Gasteiger partial charge in [-0.05, 0) is 43.2 Å². The van der Waals surface area contributed by atoms with E-state index in [0.717, 1.165) is 24.2 Å². The minimum atomic E-state index is -0.594. The molecule has 25 heavy (non-hydrogen) atoms. The quantitative estimate of drug-likeness (QED) is 0.881. The molecule has 0 aromatic heterocycles. The second kappa shape index (κ2) is 7.83. The molecule has 1 heterocycles. The van der Waals surface area contributed by atoms with E-state index < -0.39 is 6.10 Å². The van der Waals surface area contributed by atoms with Gasteiger partial charge in [-0.25, -0.2) is 0 Å². The first-order chi connectivity index (χ1) is 12.1. The van der Waals surface area contributed by atoms with Crippen molar-refractivity contribution in [2.45, 2.75) is 32.4 Å². The molecule has 0 aliphatic carbocycles. The zero-order valence-corrected chi connectivity index (χ0v) is 14.3. The summed E-state index contributed by atoms with van der Waals surface area (Å²) < 4.78 is 5.69. The molecule has 1 aliphatic heterocycles. The fourth-order valence-corrected chi connectivity index (χ4v) is 2.81. The van der Waals surface area contributed by atoms with Gasteiger partial charge >= 0.3 is 0 Å². The molecule has 5 nitrogen and oxygen atoms in total. The van der Waals surface area contributed by atoms with Crippen LogP contribution in [0.25, 0.3) is 0 Å². The topological polar surface area (TPSA) is 58.6 Å². The lowest BCUT2D eigenvalue weighted by molar-refractivity contribution is -0.127. The van der Waals surface area contributed by atoms with Crippen molar-refractivity contribution >= 4 is 17.5 Å². The Labute approximate surface area is 147 Å². The van der Waals surface area contributed by atoms with Crippen molar-refractivity contribution < 1.29 is 14.3 Å². The minimum absolute atomic E-state index is 0.155. The number of hydrogen-bond acceptors (Lipinski definition) is 3. The lowest BCUT2D eigenvalue weighted by atomic mass is 10.2. The van der Waals surface area contributed by atoms with Gasteiger partial charge in [-0.2, -0.15) is 0 Å². The summed E-state index contributed by atoms with van der Waals surface area (Å²) in [6.07, 6.45) is 0.912.